The number of nitrogens with zero attached hydrogens (tertiary/aromatic N) is 2. The van der Waals surface area contributed by atoms with Gasteiger partial charge in [0.25, 0.3) is 11.8 Å². The van der Waals surface area contributed by atoms with Crippen LogP contribution in [0.4, 0.5) is 4.79 Å². The molecule has 14 nitrogen and oxygen atoms in total. The number of nitrogens with two attached hydrogens (primary N) is 1. The molecule has 0 bridgehead atoms. The third kappa shape index (κ3) is 13.1. The Morgan fingerprint density at radius 2 is 1.20 bits per heavy atom. The standard InChI is InChI=1S/C24H27N3O5S.C16H21N3O3S/c1-15(2)13-31-23(29)19(27-24(30)32-14-17-7-5-4-6-8-17)12-26-22(28)20-11-18-21(33-20)16(3)9-10-25-18;1-9(2)8-22-16(21)11(17)7-19-15(20)13-6-12-14(23-13)10(3)4-5-18-12/h4-11,15,19H,12-14H2,1-3H3,(H,26,28)(H,27,30);4-6,9,11H,7-8,17H2,1-3H3,(H,19,20)/t19-;11-/m11/s1. The fraction of sp³-hybridized carbons (Fsp3) is 0.375. The first kappa shape index (κ1) is 43.3. The van der Waals surface area contributed by atoms with Crippen LogP contribution in [0.3, 0.4) is 0 Å². The number of hydrogen-bond donors (Lipinski definition) is 4. The molecule has 5 N–H and O–H groups in total. The van der Waals surface area contributed by atoms with E-state index in [-0.39, 0.29) is 50.0 Å². The summed E-state index contributed by atoms with van der Waals surface area (Å²) in [5.74, 6) is -1.40. The van der Waals surface area contributed by atoms with Crippen LogP contribution in [0.15, 0.2) is 67.0 Å². The summed E-state index contributed by atoms with van der Waals surface area (Å²) in [6, 6.07) is 14.5. The zero-order chi connectivity index (χ0) is 40.8. The van der Waals surface area contributed by atoms with E-state index >= 15 is 0 Å². The molecule has 4 aromatic heterocycles. The summed E-state index contributed by atoms with van der Waals surface area (Å²) in [5.41, 5.74) is 10.2. The number of fused-ring (bicyclic) bond motifs is 2. The number of nitrogens with one attached hydrogen (secondary N) is 3. The molecule has 1 aromatic carbocycles. The first-order valence-corrected chi connectivity index (χ1v) is 19.7. The molecule has 0 saturated heterocycles. The summed E-state index contributed by atoms with van der Waals surface area (Å²) < 4.78 is 17.4. The molecule has 0 radical (unpaired) electrons. The van der Waals surface area contributed by atoms with Gasteiger partial charge in [-0.15, -0.1) is 22.7 Å². The number of carbonyl (C=O) groups excluding carboxylic acids is 5. The van der Waals surface area contributed by atoms with Crippen molar-refractivity contribution in [1.82, 2.24) is 25.9 Å². The van der Waals surface area contributed by atoms with Crippen LogP contribution in [-0.2, 0) is 30.4 Å². The number of amides is 3. The molecule has 0 saturated carbocycles. The number of hydrogen-bond acceptors (Lipinski definition) is 13. The molecular weight excluding hydrogens is 757 g/mol. The highest BCUT2D eigenvalue weighted by atomic mass is 32.1. The van der Waals surface area contributed by atoms with Crippen molar-refractivity contribution in [1.29, 1.82) is 0 Å². The lowest BCUT2D eigenvalue weighted by molar-refractivity contribution is -0.147. The van der Waals surface area contributed by atoms with Gasteiger partial charge in [0.1, 0.15) is 18.7 Å². The molecule has 0 aliphatic rings. The van der Waals surface area contributed by atoms with Crippen LogP contribution in [-0.4, -0.2) is 78.2 Å². The number of alkyl carbamates (subject to hydrolysis) is 1. The van der Waals surface area contributed by atoms with E-state index in [2.05, 4.69) is 25.9 Å². The third-order valence-electron chi connectivity index (χ3n) is 7.82. The number of thiophene rings is 2. The molecule has 4 heterocycles. The van der Waals surface area contributed by atoms with E-state index in [9.17, 15) is 24.0 Å². The van der Waals surface area contributed by atoms with Crippen LogP contribution in [0, 0.1) is 25.7 Å². The van der Waals surface area contributed by atoms with E-state index in [1.165, 1.54) is 22.7 Å². The van der Waals surface area contributed by atoms with Crippen molar-refractivity contribution in [2.24, 2.45) is 17.6 Å². The van der Waals surface area contributed by atoms with Gasteiger partial charge in [0, 0.05) is 25.5 Å². The van der Waals surface area contributed by atoms with E-state index in [1.54, 1.807) is 24.5 Å². The maximum absolute atomic E-state index is 12.7. The molecule has 16 heteroatoms. The average molecular weight is 805 g/mol. The van der Waals surface area contributed by atoms with Gasteiger partial charge in [0.15, 0.2) is 0 Å². The number of pyridine rings is 2. The summed E-state index contributed by atoms with van der Waals surface area (Å²) in [4.78, 5) is 70.9. The number of ether oxygens (including phenoxy) is 3. The quantitative estimate of drug-likeness (QED) is 0.0749. The second kappa shape index (κ2) is 21.0. The Morgan fingerprint density at radius 1 is 0.696 bits per heavy atom. The number of benzene rings is 1. The number of esters is 2. The molecular formula is C40H48N6O8S2. The molecule has 2 atom stereocenters. The maximum atomic E-state index is 12.7. The molecule has 5 rings (SSSR count). The minimum Gasteiger partial charge on any atom is -0.464 e. The summed E-state index contributed by atoms with van der Waals surface area (Å²) >= 11 is 2.70. The number of aryl methyl sites for hydroxylation is 2. The number of rotatable bonds is 15. The van der Waals surface area contributed by atoms with E-state index in [0.29, 0.717) is 16.4 Å². The minimum absolute atomic E-state index is 0.0381. The van der Waals surface area contributed by atoms with Gasteiger partial charge in [-0.25, -0.2) is 9.59 Å². The Hall–Kier alpha value is -5.45. The fourth-order valence-electron chi connectivity index (χ4n) is 4.81. The smallest absolute Gasteiger partial charge is 0.408 e. The van der Waals surface area contributed by atoms with E-state index < -0.39 is 30.1 Å². The zero-order valence-corrected chi connectivity index (χ0v) is 33.9. The van der Waals surface area contributed by atoms with Crippen LogP contribution >= 0.6 is 22.7 Å². The topological polar surface area (TPSA) is 201 Å². The van der Waals surface area contributed by atoms with Gasteiger partial charge in [0.2, 0.25) is 0 Å². The third-order valence-corrected chi connectivity index (χ3v) is 10.3. The molecule has 0 fully saturated rings. The summed E-state index contributed by atoms with van der Waals surface area (Å²) in [7, 11) is 0. The molecule has 0 aliphatic carbocycles. The summed E-state index contributed by atoms with van der Waals surface area (Å²) in [6.07, 6.45) is 2.63. The van der Waals surface area contributed by atoms with E-state index in [0.717, 1.165) is 37.1 Å². The summed E-state index contributed by atoms with van der Waals surface area (Å²) in [6.45, 7) is 12.1. The predicted octanol–water partition coefficient (Wildman–Crippen LogP) is 5.69. The number of carbonyl (C=O) groups is 5. The zero-order valence-electron chi connectivity index (χ0n) is 32.3. The monoisotopic (exact) mass is 804 g/mol. The van der Waals surface area contributed by atoms with Crippen LogP contribution in [0.5, 0.6) is 0 Å². The van der Waals surface area contributed by atoms with Gasteiger partial charge >= 0.3 is 18.0 Å². The maximum Gasteiger partial charge on any atom is 0.408 e. The van der Waals surface area contributed by atoms with Crippen molar-refractivity contribution in [3.8, 4) is 0 Å². The highest BCUT2D eigenvalue weighted by Crippen LogP contribution is 2.27. The van der Waals surface area contributed by atoms with Crippen molar-refractivity contribution in [2.75, 3.05) is 26.3 Å². The van der Waals surface area contributed by atoms with Crippen molar-refractivity contribution < 1.29 is 38.2 Å². The van der Waals surface area contributed by atoms with Crippen LogP contribution in [0.2, 0.25) is 0 Å². The van der Waals surface area contributed by atoms with Gasteiger partial charge in [-0.2, -0.15) is 0 Å². The average Bonchev–Trinajstić information content (AvgIpc) is 3.83. The molecule has 298 valence electrons. The first-order valence-electron chi connectivity index (χ1n) is 18.0. The van der Waals surface area contributed by atoms with Gasteiger partial charge in [0.05, 0.1) is 43.4 Å². The second-order valence-electron chi connectivity index (χ2n) is 13.7. The Balaban J connectivity index is 0.000000265. The van der Waals surface area contributed by atoms with E-state index in [4.69, 9.17) is 19.9 Å². The van der Waals surface area contributed by atoms with Gasteiger partial charge in [-0.3, -0.25) is 24.4 Å². The molecule has 56 heavy (non-hydrogen) atoms. The minimum atomic E-state index is -1.09. The Morgan fingerprint density at radius 3 is 1.70 bits per heavy atom. The van der Waals surface area contributed by atoms with E-state index in [1.807, 2.05) is 84.0 Å². The van der Waals surface area contributed by atoms with Crippen molar-refractivity contribution in [2.45, 2.75) is 60.2 Å². The SMILES string of the molecule is Cc1ccnc2cc(C(=O)NC[C@@H](N)C(=O)OCC(C)C)sc12.Cc1ccnc2cc(C(=O)NC[C@@H](NC(=O)OCc3ccccc3)C(=O)OCC(C)C)sc12. The molecule has 0 aliphatic heterocycles. The van der Waals surface area contributed by atoms with Gasteiger partial charge < -0.3 is 35.9 Å². The Bertz CT molecular complexity index is 2120. The Kier molecular flexibility index (Phi) is 16.2. The lowest BCUT2D eigenvalue weighted by atomic mass is 10.2. The fourth-order valence-corrected chi connectivity index (χ4v) is 6.82. The highest BCUT2D eigenvalue weighted by Gasteiger charge is 2.25. The molecule has 5 aromatic rings. The molecule has 0 spiro atoms. The van der Waals surface area contributed by atoms with Crippen LogP contribution in [0.1, 0.15) is 63.7 Å². The Labute approximate surface area is 333 Å². The van der Waals surface area contributed by atoms with Crippen LogP contribution < -0.4 is 21.7 Å². The van der Waals surface area contributed by atoms with Crippen molar-refractivity contribution in [3.63, 3.8) is 0 Å². The van der Waals surface area contributed by atoms with Gasteiger partial charge in [-0.1, -0.05) is 58.0 Å². The highest BCUT2D eigenvalue weighted by molar-refractivity contribution is 7.21. The lowest BCUT2D eigenvalue weighted by Crippen LogP contribution is -2.49. The molecule has 3 amide bonds. The van der Waals surface area contributed by atoms with Gasteiger partial charge in [-0.05, 0) is 66.6 Å². The lowest BCUT2D eigenvalue weighted by Gasteiger charge is -2.18. The number of aromatic nitrogens is 2. The predicted molar refractivity (Wildman–Crippen MR) is 217 cm³/mol. The second-order valence-corrected chi connectivity index (χ2v) is 15.8. The largest absolute Gasteiger partial charge is 0.464 e. The normalized spacial score (nSPS) is 12.0. The first-order chi connectivity index (χ1) is 26.7. The summed E-state index contributed by atoms with van der Waals surface area (Å²) in [5, 5.41) is 7.86. The molecule has 0 unspecified atom stereocenters. The van der Waals surface area contributed by atoms with Crippen molar-refractivity contribution in [3.05, 3.63) is 93.4 Å². The van der Waals surface area contributed by atoms with Crippen LogP contribution in [0.25, 0.3) is 20.4 Å². The van der Waals surface area contributed by atoms with Crippen molar-refractivity contribution >= 4 is 73.0 Å².